The first kappa shape index (κ1) is 16.0. The van der Waals surface area contributed by atoms with Crippen LogP contribution in [0.15, 0.2) is 35.8 Å². The molecule has 0 aliphatic carbocycles. The number of nitrogens with zero attached hydrogens (tertiary/aromatic N) is 2. The summed E-state index contributed by atoms with van der Waals surface area (Å²) in [4.78, 5) is 8.28. The van der Waals surface area contributed by atoms with Crippen molar-refractivity contribution in [2.75, 3.05) is 18.5 Å². The standard InChI is InChI=1S/C17H25N3S/c1-4-9-18-12-15-7-8-17(19-13-15)20(3)14(2)11-16-6-5-10-21-16/h5-8,10,13-14,18H,4,9,11-12H2,1-3H3. The molecule has 3 nitrogen and oxygen atoms in total. The van der Waals surface area contributed by atoms with Crippen LogP contribution in [0.2, 0.25) is 0 Å². The van der Waals surface area contributed by atoms with Crippen molar-refractivity contribution >= 4 is 17.2 Å². The summed E-state index contributed by atoms with van der Waals surface area (Å²) >= 11 is 1.82. The van der Waals surface area contributed by atoms with E-state index >= 15 is 0 Å². The molecule has 0 bridgehead atoms. The molecule has 114 valence electrons. The van der Waals surface area contributed by atoms with E-state index in [4.69, 9.17) is 0 Å². The largest absolute Gasteiger partial charge is 0.357 e. The van der Waals surface area contributed by atoms with Gasteiger partial charge >= 0.3 is 0 Å². The number of pyridine rings is 1. The molecule has 0 aliphatic heterocycles. The lowest BCUT2D eigenvalue weighted by Crippen LogP contribution is -2.31. The normalized spacial score (nSPS) is 12.3. The molecular formula is C17H25N3S. The molecule has 0 spiro atoms. The molecule has 2 aromatic heterocycles. The summed E-state index contributed by atoms with van der Waals surface area (Å²) in [6.45, 7) is 6.38. The zero-order chi connectivity index (χ0) is 15.1. The number of thiophene rings is 1. The Bertz CT molecular complexity index is 507. The summed E-state index contributed by atoms with van der Waals surface area (Å²) in [5.41, 5.74) is 1.24. The second kappa shape index (κ2) is 8.15. The van der Waals surface area contributed by atoms with Crippen LogP contribution in [-0.2, 0) is 13.0 Å². The smallest absolute Gasteiger partial charge is 0.128 e. The van der Waals surface area contributed by atoms with Crippen molar-refractivity contribution < 1.29 is 0 Å². The average Bonchev–Trinajstić information content (AvgIpc) is 3.00. The first-order valence-electron chi connectivity index (χ1n) is 7.61. The first-order chi connectivity index (χ1) is 10.2. The molecule has 1 unspecified atom stereocenters. The highest BCUT2D eigenvalue weighted by molar-refractivity contribution is 7.09. The molecule has 0 fully saturated rings. The van der Waals surface area contributed by atoms with Gasteiger partial charge in [-0.25, -0.2) is 4.98 Å². The van der Waals surface area contributed by atoms with Gasteiger partial charge in [-0.1, -0.05) is 19.1 Å². The van der Waals surface area contributed by atoms with Gasteiger partial charge in [-0.2, -0.15) is 0 Å². The third-order valence-electron chi connectivity index (χ3n) is 3.66. The second-order valence-electron chi connectivity index (χ2n) is 5.44. The van der Waals surface area contributed by atoms with Gasteiger partial charge in [0, 0.05) is 37.1 Å². The third-order valence-corrected chi connectivity index (χ3v) is 4.56. The van der Waals surface area contributed by atoms with Crippen LogP contribution in [0.3, 0.4) is 0 Å². The fourth-order valence-electron chi connectivity index (χ4n) is 2.22. The van der Waals surface area contributed by atoms with Gasteiger partial charge in [-0.05, 0) is 43.0 Å². The van der Waals surface area contributed by atoms with Crippen LogP contribution in [0.4, 0.5) is 5.82 Å². The van der Waals surface area contributed by atoms with Crippen molar-refractivity contribution in [2.24, 2.45) is 0 Å². The highest BCUT2D eigenvalue weighted by Gasteiger charge is 2.12. The summed E-state index contributed by atoms with van der Waals surface area (Å²) in [5.74, 6) is 1.04. The topological polar surface area (TPSA) is 28.2 Å². The minimum absolute atomic E-state index is 0.445. The molecule has 21 heavy (non-hydrogen) atoms. The van der Waals surface area contributed by atoms with Gasteiger partial charge in [-0.15, -0.1) is 11.3 Å². The quantitative estimate of drug-likeness (QED) is 0.754. The predicted molar refractivity (Wildman–Crippen MR) is 92.1 cm³/mol. The van der Waals surface area contributed by atoms with Crippen molar-refractivity contribution in [1.82, 2.24) is 10.3 Å². The maximum absolute atomic E-state index is 4.60. The Morgan fingerprint density at radius 1 is 1.33 bits per heavy atom. The zero-order valence-corrected chi connectivity index (χ0v) is 14.0. The Labute approximate surface area is 132 Å². The maximum Gasteiger partial charge on any atom is 0.128 e. The van der Waals surface area contributed by atoms with Gasteiger partial charge in [-0.3, -0.25) is 0 Å². The SMILES string of the molecule is CCCNCc1ccc(N(C)C(C)Cc2cccs2)nc1. The van der Waals surface area contributed by atoms with Crippen LogP contribution >= 0.6 is 11.3 Å². The lowest BCUT2D eigenvalue weighted by molar-refractivity contribution is 0.668. The molecule has 0 saturated carbocycles. The minimum atomic E-state index is 0.445. The molecule has 0 aliphatic rings. The van der Waals surface area contributed by atoms with Gasteiger partial charge in [0.1, 0.15) is 5.82 Å². The number of anilines is 1. The Hall–Kier alpha value is -1.39. The number of nitrogens with one attached hydrogen (secondary N) is 1. The minimum Gasteiger partial charge on any atom is -0.357 e. The van der Waals surface area contributed by atoms with E-state index in [-0.39, 0.29) is 0 Å². The summed E-state index contributed by atoms with van der Waals surface area (Å²) in [7, 11) is 2.12. The molecule has 1 atom stereocenters. The molecule has 1 N–H and O–H groups in total. The molecule has 0 saturated heterocycles. The second-order valence-corrected chi connectivity index (χ2v) is 6.48. The average molecular weight is 303 g/mol. The third kappa shape index (κ3) is 4.83. The lowest BCUT2D eigenvalue weighted by Gasteiger charge is -2.25. The first-order valence-corrected chi connectivity index (χ1v) is 8.49. The summed E-state index contributed by atoms with van der Waals surface area (Å²) < 4.78 is 0. The van der Waals surface area contributed by atoms with Crippen molar-refractivity contribution in [3.8, 4) is 0 Å². The van der Waals surface area contributed by atoms with Gasteiger partial charge < -0.3 is 10.2 Å². The van der Waals surface area contributed by atoms with Crippen LogP contribution in [0.25, 0.3) is 0 Å². The predicted octanol–water partition coefficient (Wildman–Crippen LogP) is 3.71. The van der Waals surface area contributed by atoms with Crippen LogP contribution in [-0.4, -0.2) is 24.6 Å². The molecule has 0 amide bonds. The van der Waals surface area contributed by atoms with Crippen LogP contribution in [0.1, 0.15) is 30.7 Å². The van der Waals surface area contributed by atoms with E-state index in [1.54, 1.807) is 0 Å². The molecule has 2 aromatic rings. The monoisotopic (exact) mass is 303 g/mol. The van der Waals surface area contributed by atoms with E-state index in [9.17, 15) is 0 Å². The van der Waals surface area contributed by atoms with Crippen molar-refractivity contribution in [3.05, 3.63) is 46.3 Å². The van der Waals surface area contributed by atoms with E-state index in [2.05, 4.69) is 65.7 Å². The Kier molecular flexibility index (Phi) is 6.21. The Morgan fingerprint density at radius 2 is 2.19 bits per heavy atom. The lowest BCUT2D eigenvalue weighted by atomic mass is 10.2. The summed E-state index contributed by atoms with van der Waals surface area (Å²) in [6.07, 6.45) is 4.20. The van der Waals surface area contributed by atoms with Crippen molar-refractivity contribution in [2.45, 2.75) is 39.3 Å². The molecule has 4 heteroatoms. The summed E-state index contributed by atoms with van der Waals surface area (Å²) in [6, 6.07) is 9.04. The summed E-state index contributed by atoms with van der Waals surface area (Å²) in [5, 5.41) is 5.54. The molecule has 0 aromatic carbocycles. The van der Waals surface area contributed by atoms with E-state index in [1.165, 1.54) is 10.4 Å². The Balaban J connectivity index is 1.91. The fourth-order valence-corrected chi connectivity index (χ4v) is 3.05. The Morgan fingerprint density at radius 3 is 2.81 bits per heavy atom. The van der Waals surface area contributed by atoms with Crippen LogP contribution in [0, 0.1) is 0 Å². The number of rotatable bonds is 8. The highest BCUT2D eigenvalue weighted by Crippen LogP contribution is 2.18. The van der Waals surface area contributed by atoms with E-state index < -0.39 is 0 Å². The van der Waals surface area contributed by atoms with Crippen molar-refractivity contribution in [1.29, 1.82) is 0 Å². The van der Waals surface area contributed by atoms with Crippen LogP contribution in [0.5, 0.6) is 0 Å². The number of likely N-dealkylation sites (N-methyl/N-ethyl adjacent to an activating group) is 1. The van der Waals surface area contributed by atoms with E-state index in [0.29, 0.717) is 6.04 Å². The van der Waals surface area contributed by atoms with E-state index in [1.807, 2.05) is 17.5 Å². The molecule has 2 rings (SSSR count). The number of hydrogen-bond acceptors (Lipinski definition) is 4. The van der Waals surface area contributed by atoms with Gasteiger partial charge in [0.15, 0.2) is 0 Å². The van der Waals surface area contributed by atoms with Gasteiger partial charge in [0.25, 0.3) is 0 Å². The van der Waals surface area contributed by atoms with Gasteiger partial charge in [0.05, 0.1) is 0 Å². The number of hydrogen-bond donors (Lipinski definition) is 1. The molecular weight excluding hydrogens is 278 g/mol. The van der Waals surface area contributed by atoms with Gasteiger partial charge in [0.2, 0.25) is 0 Å². The maximum atomic E-state index is 4.60. The van der Waals surface area contributed by atoms with Crippen LogP contribution < -0.4 is 10.2 Å². The highest BCUT2D eigenvalue weighted by atomic mass is 32.1. The molecule has 0 radical (unpaired) electrons. The van der Waals surface area contributed by atoms with Crippen molar-refractivity contribution in [3.63, 3.8) is 0 Å². The fraction of sp³-hybridized carbons (Fsp3) is 0.471. The zero-order valence-electron chi connectivity index (χ0n) is 13.2. The number of aromatic nitrogens is 1. The van der Waals surface area contributed by atoms with E-state index in [0.717, 1.165) is 31.7 Å². The molecule has 2 heterocycles.